The second-order valence-corrected chi connectivity index (χ2v) is 8.56. The van der Waals surface area contributed by atoms with Gasteiger partial charge in [-0.3, -0.25) is 4.98 Å². The zero-order valence-electron chi connectivity index (χ0n) is 13.6. The van der Waals surface area contributed by atoms with Gasteiger partial charge in [-0.15, -0.1) is 0 Å². The van der Waals surface area contributed by atoms with Crippen molar-refractivity contribution in [1.29, 1.82) is 0 Å². The minimum absolute atomic E-state index is 0.0881. The normalized spacial score (nSPS) is 17.5. The van der Waals surface area contributed by atoms with Crippen molar-refractivity contribution in [2.24, 2.45) is 5.92 Å². The average Bonchev–Trinajstić information content (AvgIpc) is 2.59. The second kappa shape index (κ2) is 7.21. The fourth-order valence-corrected chi connectivity index (χ4v) is 4.18. The van der Waals surface area contributed by atoms with Gasteiger partial charge in [0.1, 0.15) is 0 Å². The second-order valence-electron chi connectivity index (χ2n) is 6.19. The highest BCUT2D eigenvalue weighted by atomic mass is 35.5. The van der Waals surface area contributed by atoms with E-state index in [1.807, 2.05) is 12.1 Å². The highest BCUT2D eigenvalue weighted by Crippen LogP contribution is 2.31. The lowest BCUT2D eigenvalue weighted by atomic mass is 9.98. The fourth-order valence-electron chi connectivity index (χ4n) is 3.03. The molecule has 1 fully saturated rings. The maximum absolute atomic E-state index is 12.6. The Labute approximate surface area is 154 Å². The minimum Gasteiger partial charge on any atom is -0.384 e. The van der Waals surface area contributed by atoms with Crippen LogP contribution in [0.5, 0.6) is 0 Å². The molecule has 1 N–H and O–H groups in total. The number of hydrogen-bond acceptors (Lipinski definition) is 4. The SMILES string of the molecule is O=S(=O)(N1CCC(CNc2ccnc3cc(Cl)ccc23)CC1)C(F)(F)F. The summed E-state index contributed by atoms with van der Waals surface area (Å²) in [6.07, 6.45) is 2.40. The monoisotopic (exact) mass is 407 g/mol. The number of pyridine rings is 1. The van der Waals surface area contributed by atoms with Crippen molar-refractivity contribution in [3.8, 4) is 0 Å². The van der Waals surface area contributed by atoms with E-state index in [9.17, 15) is 21.6 Å². The molecule has 0 unspecified atom stereocenters. The van der Waals surface area contributed by atoms with Crippen molar-refractivity contribution < 1.29 is 21.6 Å². The number of nitrogens with zero attached hydrogens (tertiary/aromatic N) is 2. The molecule has 1 aliphatic heterocycles. The van der Waals surface area contributed by atoms with Gasteiger partial charge in [-0.05, 0) is 43.0 Å². The summed E-state index contributed by atoms with van der Waals surface area (Å²) in [5, 5.41) is 4.77. The van der Waals surface area contributed by atoms with Crippen LogP contribution in [0.15, 0.2) is 30.5 Å². The topological polar surface area (TPSA) is 62.3 Å². The Hall–Kier alpha value is -1.58. The van der Waals surface area contributed by atoms with Gasteiger partial charge in [0.25, 0.3) is 0 Å². The van der Waals surface area contributed by atoms with Gasteiger partial charge >= 0.3 is 15.5 Å². The molecule has 1 saturated heterocycles. The third-order valence-corrected chi connectivity index (χ3v) is 6.36. The number of halogens is 4. The molecule has 0 amide bonds. The number of aromatic nitrogens is 1. The van der Waals surface area contributed by atoms with Crippen LogP contribution >= 0.6 is 11.6 Å². The molecule has 1 aromatic heterocycles. The predicted molar refractivity (Wildman–Crippen MR) is 94.5 cm³/mol. The number of hydrogen-bond donors (Lipinski definition) is 1. The molecule has 3 rings (SSSR count). The summed E-state index contributed by atoms with van der Waals surface area (Å²) in [6.45, 7) is 0.295. The Morgan fingerprint density at radius 1 is 1.23 bits per heavy atom. The van der Waals surface area contributed by atoms with E-state index in [1.54, 1.807) is 18.3 Å². The first kappa shape index (κ1) is 19.2. The van der Waals surface area contributed by atoms with Crippen LogP contribution in [0, 0.1) is 5.92 Å². The zero-order chi connectivity index (χ0) is 18.9. The number of rotatable bonds is 4. The van der Waals surface area contributed by atoms with Gasteiger partial charge in [-0.1, -0.05) is 11.6 Å². The molecule has 0 aliphatic carbocycles. The Bertz CT molecular complexity index is 897. The van der Waals surface area contributed by atoms with Crippen LogP contribution in [0.25, 0.3) is 10.9 Å². The molecule has 1 aliphatic rings. The van der Waals surface area contributed by atoms with E-state index in [2.05, 4.69) is 10.3 Å². The highest BCUT2D eigenvalue weighted by Gasteiger charge is 2.50. The number of nitrogens with one attached hydrogen (secondary N) is 1. The highest BCUT2D eigenvalue weighted by molar-refractivity contribution is 7.90. The standard InChI is InChI=1S/C16H17ClF3N3O2S/c17-12-1-2-13-14(3-6-21-15(13)9-12)22-10-11-4-7-23(8-5-11)26(24,25)16(18,19)20/h1-3,6,9,11H,4-5,7-8,10H2,(H,21,22). The van der Waals surface area contributed by atoms with E-state index in [4.69, 9.17) is 11.6 Å². The summed E-state index contributed by atoms with van der Waals surface area (Å²) < 4.78 is 61.2. The number of piperidine rings is 1. The molecular formula is C16H17ClF3N3O2S. The molecule has 10 heteroatoms. The molecule has 142 valence electrons. The average molecular weight is 408 g/mol. The van der Waals surface area contributed by atoms with Crippen LogP contribution in [-0.4, -0.2) is 42.8 Å². The van der Waals surface area contributed by atoms with Crippen LogP contribution in [0.4, 0.5) is 18.9 Å². The Kier molecular flexibility index (Phi) is 5.32. The van der Waals surface area contributed by atoms with Crippen LogP contribution < -0.4 is 5.32 Å². The maximum atomic E-state index is 12.6. The van der Waals surface area contributed by atoms with Gasteiger partial charge in [-0.25, -0.2) is 8.42 Å². The molecule has 5 nitrogen and oxygen atoms in total. The number of alkyl halides is 3. The van der Waals surface area contributed by atoms with Crippen LogP contribution in [0.2, 0.25) is 5.02 Å². The van der Waals surface area contributed by atoms with E-state index in [0.717, 1.165) is 16.6 Å². The lowest BCUT2D eigenvalue weighted by Gasteiger charge is -2.31. The van der Waals surface area contributed by atoms with Gasteiger partial charge in [0.05, 0.1) is 5.52 Å². The molecule has 2 aromatic rings. The molecule has 0 saturated carbocycles. The molecule has 1 aromatic carbocycles. The van der Waals surface area contributed by atoms with Gasteiger partial charge in [0.2, 0.25) is 0 Å². The first-order valence-electron chi connectivity index (χ1n) is 8.03. The van der Waals surface area contributed by atoms with Crippen molar-refractivity contribution in [2.45, 2.75) is 18.3 Å². The summed E-state index contributed by atoms with van der Waals surface area (Å²) in [4.78, 5) is 4.25. The van der Waals surface area contributed by atoms with E-state index < -0.39 is 15.5 Å². The summed E-state index contributed by atoms with van der Waals surface area (Å²) in [5.74, 6) is 0.0881. The predicted octanol–water partition coefficient (Wildman–Crippen LogP) is 3.86. The first-order chi connectivity index (χ1) is 12.2. The smallest absolute Gasteiger partial charge is 0.384 e. The van der Waals surface area contributed by atoms with Crippen LogP contribution in [0.1, 0.15) is 12.8 Å². The molecule has 0 spiro atoms. The molecule has 26 heavy (non-hydrogen) atoms. The third kappa shape index (κ3) is 3.89. The van der Waals surface area contributed by atoms with E-state index in [-0.39, 0.29) is 19.0 Å². The number of sulfonamides is 1. The minimum atomic E-state index is -5.24. The van der Waals surface area contributed by atoms with Crippen molar-refractivity contribution in [1.82, 2.24) is 9.29 Å². The summed E-state index contributed by atoms with van der Waals surface area (Å²) >= 11 is 5.96. The molecule has 0 bridgehead atoms. The Balaban J connectivity index is 1.61. The van der Waals surface area contributed by atoms with Gasteiger partial charge in [0, 0.05) is 41.9 Å². The van der Waals surface area contributed by atoms with E-state index in [1.165, 1.54) is 0 Å². The van der Waals surface area contributed by atoms with E-state index in [0.29, 0.717) is 28.7 Å². The number of anilines is 1. The van der Waals surface area contributed by atoms with Crippen molar-refractivity contribution >= 4 is 38.2 Å². The zero-order valence-corrected chi connectivity index (χ0v) is 15.2. The van der Waals surface area contributed by atoms with Crippen LogP contribution in [-0.2, 0) is 10.0 Å². The Morgan fingerprint density at radius 3 is 2.58 bits per heavy atom. The van der Waals surface area contributed by atoms with Crippen LogP contribution in [0.3, 0.4) is 0 Å². The van der Waals surface area contributed by atoms with Gasteiger partial charge in [-0.2, -0.15) is 17.5 Å². The lowest BCUT2D eigenvalue weighted by molar-refractivity contribution is -0.0496. The molecular weight excluding hydrogens is 391 g/mol. The first-order valence-corrected chi connectivity index (χ1v) is 9.85. The Morgan fingerprint density at radius 2 is 1.92 bits per heavy atom. The van der Waals surface area contributed by atoms with Gasteiger partial charge < -0.3 is 5.32 Å². The molecule has 2 heterocycles. The lowest BCUT2D eigenvalue weighted by Crippen LogP contribution is -2.45. The number of fused-ring (bicyclic) bond motifs is 1. The maximum Gasteiger partial charge on any atom is 0.511 e. The summed E-state index contributed by atoms with van der Waals surface area (Å²) in [5.41, 5.74) is -3.64. The summed E-state index contributed by atoms with van der Waals surface area (Å²) in [6, 6.07) is 7.19. The van der Waals surface area contributed by atoms with Crippen molar-refractivity contribution in [3.05, 3.63) is 35.5 Å². The van der Waals surface area contributed by atoms with Gasteiger partial charge in [0.15, 0.2) is 0 Å². The largest absolute Gasteiger partial charge is 0.511 e. The van der Waals surface area contributed by atoms with Crippen molar-refractivity contribution in [3.63, 3.8) is 0 Å². The fraction of sp³-hybridized carbons (Fsp3) is 0.438. The van der Waals surface area contributed by atoms with Crippen molar-refractivity contribution in [2.75, 3.05) is 25.0 Å². The molecule has 0 atom stereocenters. The number of benzene rings is 1. The van der Waals surface area contributed by atoms with E-state index >= 15 is 0 Å². The quantitative estimate of drug-likeness (QED) is 0.836. The molecule has 0 radical (unpaired) electrons. The summed E-state index contributed by atoms with van der Waals surface area (Å²) in [7, 11) is -5.23. The third-order valence-electron chi connectivity index (χ3n) is 4.49.